The first-order valence-electron chi connectivity index (χ1n) is 5.22. The molecule has 0 aliphatic heterocycles. The first-order valence-corrected chi connectivity index (χ1v) is 6.98. The third-order valence-electron chi connectivity index (χ3n) is 2.76. The minimum absolute atomic E-state index is 0.0686. The normalized spacial score (nSPS) is 23.0. The molecule has 1 saturated carbocycles. The van der Waals surface area contributed by atoms with Crippen molar-refractivity contribution in [1.29, 1.82) is 0 Å². The van der Waals surface area contributed by atoms with Crippen LogP contribution in [0.25, 0.3) is 0 Å². The van der Waals surface area contributed by atoms with E-state index in [1.54, 1.807) is 11.3 Å². The van der Waals surface area contributed by atoms with Crippen molar-refractivity contribution in [1.82, 2.24) is 5.32 Å². The summed E-state index contributed by atoms with van der Waals surface area (Å²) in [5, 5.41) is 7.09. The number of carbonyl (C=O) groups is 1. The number of thiophene rings is 2. The highest BCUT2D eigenvalue weighted by Gasteiger charge is 2.40. The van der Waals surface area contributed by atoms with Gasteiger partial charge < -0.3 is 5.32 Å². The summed E-state index contributed by atoms with van der Waals surface area (Å²) in [6.07, 6.45) is 1.08. The van der Waals surface area contributed by atoms with Gasteiger partial charge in [-0.2, -0.15) is 0 Å². The largest absolute Gasteiger partial charge is 0.348 e. The molecule has 16 heavy (non-hydrogen) atoms. The summed E-state index contributed by atoms with van der Waals surface area (Å²) < 4.78 is 0. The molecule has 1 aliphatic rings. The molecule has 3 rings (SSSR count). The van der Waals surface area contributed by atoms with Gasteiger partial charge in [0, 0.05) is 16.8 Å². The van der Waals surface area contributed by atoms with E-state index >= 15 is 0 Å². The van der Waals surface area contributed by atoms with E-state index in [1.807, 2.05) is 17.5 Å². The van der Waals surface area contributed by atoms with Crippen LogP contribution in [0.4, 0.5) is 0 Å². The van der Waals surface area contributed by atoms with Crippen LogP contribution in [-0.2, 0) is 0 Å². The molecule has 2 aromatic rings. The van der Waals surface area contributed by atoms with E-state index in [0.717, 1.165) is 11.3 Å². The minimum atomic E-state index is 0.0686. The lowest BCUT2D eigenvalue weighted by molar-refractivity contribution is 0.0954. The lowest BCUT2D eigenvalue weighted by atomic mass is 10.3. The van der Waals surface area contributed by atoms with Gasteiger partial charge in [0.2, 0.25) is 0 Å². The Morgan fingerprint density at radius 2 is 2.06 bits per heavy atom. The summed E-state index contributed by atoms with van der Waals surface area (Å²) in [6, 6.07) is 8.32. The molecule has 4 heteroatoms. The predicted molar refractivity (Wildman–Crippen MR) is 67.3 cm³/mol. The van der Waals surface area contributed by atoms with Crippen molar-refractivity contribution in [3.8, 4) is 0 Å². The first-order chi connectivity index (χ1) is 7.84. The van der Waals surface area contributed by atoms with E-state index in [9.17, 15) is 4.79 Å². The van der Waals surface area contributed by atoms with Crippen LogP contribution >= 0.6 is 22.7 Å². The minimum Gasteiger partial charge on any atom is -0.348 e. The molecule has 0 aromatic carbocycles. The second-order valence-corrected chi connectivity index (χ2v) is 5.84. The second-order valence-electron chi connectivity index (χ2n) is 3.91. The van der Waals surface area contributed by atoms with Gasteiger partial charge in [0.15, 0.2) is 0 Å². The van der Waals surface area contributed by atoms with Gasteiger partial charge in [0.25, 0.3) is 5.91 Å². The molecule has 0 radical (unpaired) electrons. The molecular formula is C12H11NOS2. The maximum absolute atomic E-state index is 11.8. The van der Waals surface area contributed by atoms with Crippen molar-refractivity contribution < 1.29 is 4.79 Å². The fourth-order valence-corrected chi connectivity index (χ4v) is 3.35. The first kappa shape index (κ1) is 10.1. The highest BCUT2D eigenvalue weighted by Crippen LogP contribution is 2.42. The maximum atomic E-state index is 11.8. The molecule has 1 N–H and O–H groups in total. The SMILES string of the molecule is O=C(NC1CC1c1cccs1)c1cccs1. The highest BCUT2D eigenvalue weighted by molar-refractivity contribution is 7.12. The molecule has 1 aliphatic carbocycles. The molecule has 0 saturated heterocycles. The zero-order valence-electron chi connectivity index (χ0n) is 8.55. The third kappa shape index (κ3) is 1.90. The standard InChI is InChI=1S/C12H11NOS2/c14-12(11-4-2-6-16-11)13-9-7-8(9)10-3-1-5-15-10/h1-6,8-9H,7H2,(H,13,14). The fourth-order valence-electron chi connectivity index (χ4n) is 1.82. The van der Waals surface area contributed by atoms with Crippen molar-refractivity contribution in [2.24, 2.45) is 0 Å². The zero-order chi connectivity index (χ0) is 11.0. The molecule has 2 aromatic heterocycles. The van der Waals surface area contributed by atoms with Crippen LogP contribution in [0.5, 0.6) is 0 Å². The number of nitrogens with one attached hydrogen (secondary N) is 1. The van der Waals surface area contributed by atoms with E-state index in [2.05, 4.69) is 22.8 Å². The molecule has 1 amide bonds. The van der Waals surface area contributed by atoms with Gasteiger partial charge in [0.05, 0.1) is 4.88 Å². The lowest BCUT2D eigenvalue weighted by Gasteiger charge is -2.01. The van der Waals surface area contributed by atoms with E-state index in [-0.39, 0.29) is 5.91 Å². The molecular weight excluding hydrogens is 238 g/mol. The predicted octanol–water partition coefficient (Wildman–Crippen LogP) is 3.10. The third-order valence-corrected chi connectivity index (χ3v) is 4.63. The molecule has 2 unspecified atom stereocenters. The van der Waals surface area contributed by atoms with E-state index in [4.69, 9.17) is 0 Å². The van der Waals surface area contributed by atoms with Crippen molar-refractivity contribution in [2.75, 3.05) is 0 Å². The summed E-state index contributed by atoms with van der Waals surface area (Å²) in [5.41, 5.74) is 0. The molecule has 2 nitrogen and oxygen atoms in total. The smallest absolute Gasteiger partial charge is 0.261 e. The number of hydrogen-bond donors (Lipinski definition) is 1. The van der Waals surface area contributed by atoms with Gasteiger partial charge in [-0.3, -0.25) is 4.79 Å². The van der Waals surface area contributed by atoms with Gasteiger partial charge in [-0.05, 0) is 29.3 Å². The Bertz CT molecular complexity index is 475. The van der Waals surface area contributed by atoms with Crippen molar-refractivity contribution in [2.45, 2.75) is 18.4 Å². The average Bonchev–Trinajstić information content (AvgIpc) is 2.84. The number of rotatable bonds is 3. The average molecular weight is 249 g/mol. The summed E-state index contributed by atoms with van der Waals surface area (Å²) >= 11 is 3.26. The van der Waals surface area contributed by atoms with Gasteiger partial charge in [-0.25, -0.2) is 0 Å². The van der Waals surface area contributed by atoms with Gasteiger partial charge >= 0.3 is 0 Å². The molecule has 2 heterocycles. The van der Waals surface area contributed by atoms with Crippen molar-refractivity contribution in [3.63, 3.8) is 0 Å². The molecule has 82 valence electrons. The second kappa shape index (κ2) is 4.03. The Morgan fingerprint density at radius 1 is 1.25 bits per heavy atom. The van der Waals surface area contributed by atoms with Crippen LogP contribution in [0.1, 0.15) is 26.9 Å². The summed E-state index contributed by atoms with van der Waals surface area (Å²) in [4.78, 5) is 14.0. The number of carbonyl (C=O) groups excluding carboxylic acids is 1. The topological polar surface area (TPSA) is 29.1 Å². The molecule has 0 bridgehead atoms. The van der Waals surface area contributed by atoms with Gasteiger partial charge in [0.1, 0.15) is 0 Å². The number of amides is 1. The van der Waals surface area contributed by atoms with Crippen LogP contribution in [-0.4, -0.2) is 11.9 Å². The van der Waals surface area contributed by atoms with E-state index in [0.29, 0.717) is 12.0 Å². The Labute approximate surface area is 102 Å². The van der Waals surface area contributed by atoms with Crippen LogP contribution < -0.4 is 5.32 Å². The van der Waals surface area contributed by atoms with E-state index in [1.165, 1.54) is 16.2 Å². The summed E-state index contributed by atoms with van der Waals surface area (Å²) in [7, 11) is 0. The fraction of sp³-hybridized carbons (Fsp3) is 0.250. The maximum Gasteiger partial charge on any atom is 0.261 e. The van der Waals surface area contributed by atoms with Crippen LogP contribution in [0.15, 0.2) is 35.0 Å². The Morgan fingerprint density at radius 3 is 2.75 bits per heavy atom. The Balaban J connectivity index is 1.61. The van der Waals surface area contributed by atoms with Crippen molar-refractivity contribution in [3.05, 3.63) is 44.8 Å². The Kier molecular flexibility index (Phi) is 2.53. The number of hydrogen-bond acceptors (Lipinski definition) is 3. The van der Waals surface area contributed by atoms with E-state index < -0.39 is 0 Å². The van der Waals surface area contributed by atoms with Crippen LogP contribution in [0.3, 0.4) is 0 Å². The summed E-state index contributed by atoms with van der Waals surface area (Å²) in [6.45, 7) is 0. The molecule has 2 atom stereocenters. The quantitative estimate of drug-likeness (QED) is 0.890. The Hall–Kier alpha value is -1.13. The monoisotopic (exact) mass is 249 g/mol. The van der Waals surface area contributed by atoms with Gasteiger partial charge in [-0.15, -0.1) is 22.7 Å². The van der Waals surface area contributed by atoms with Crippen LogP contribution in [0.2, 0.25) is 0 Å². The highest BCUT2D eigenvalue weighted by atomic mass is 32.1. The summed E-state index contributed by atoms with van der Waals surface area (Å²) in [5.74, 6) is 0.614. The van der Waals surface area contributed by atoms with Gasteiger partial charge in [-0.1, -0.05) is 12.1 Å². The zero-order valence-corrected chi connectivity index (χ0v) is 10.2. The van der Waals surface area contributed by atoms with Crippen LogP contribution in [0, 0.1) is 0 Å². The molecule has 1 fully saturated rings. The molecule has 0 spiro atoms. The van der Waals surface area contributed by atoms with Crippen molar-refractivity contribution >= 4 is 28.6 Å². The lowest BCUT2D eigenvalue weighted by Crippen LogP contribution is -2.25.